The van der Waals surface area contributed by atoms with Crippen molar-refractivity contribution in [3.8, 4) is 0 Å². The monoisotopic (exact) mass is 246 g/mol. The predicted octanol–water partition coefficient (Wildman–Crippen LogP) is 2.00. The van der Waals surface area contributed by atoms with Crippen molar-refractivity contribution >= 4 is 11.6 Å². The molecule has 0 bridgehead atoms. The molecule has 16 heavy (non-hydrogen) atoms. The summed E-state index contributed by atoms with van der Waals surface area (Å²) in [6.45, 7) is 8.10. The maximum absolute atomic E-state index is 10.1. The lowest BCUT2D eigenvalue weighted by Crippen LogP contribution is -2.33. The Morgan fingerprint density at radius 2 is 2.00 bits per heavy atom. The Morgan fingerprint density at radius 3 is 2.44 bits per heavy atom. The summed E-state index contributed by atoms with van der Waals surface area (Å²) < 4.78 is 1.60. The summed E-state index contributed by atoms with van der Waals surface area (Å²) >= 11 is 5.96. The van der Waals surface area contributed by atoms with Crippen molar-refractivity contribution in [3.05, 3.63) is 16.9 Å². The number of aliphatic hydroxyl groups excluding tert-OH is 2. The van der Waals surface area contributed by atoms with Gasteiger partial charge in [-0.05, 0) is 12.3 Å². The van der Waals surface area contributed by atoms with E-state index in [0.29, 0.717) is 17.3 Å². The molecule has 0 aliphatic rings. The molecule has 0 aromatic carbocycles. The fraction of sp³-hybridized carbons (Fsp3) is 0.727. The van der Waals surface area contributed by atoms with Gasteiger partial charge in [-0.15, -0.1) is 0 Å². The van der Waals surface area contributed by atoms with E-state index >= 15 is 0 Å². The normalized spacial score (nSPS) is 16.2. The lowest BCUT2D eigenvalue weighted by Gasteiger charge is -2.30. The number of halogens is 1. The van der Waals surface area contributed by atoms with Gasteiger partial charge in [-0.25, -0.2) is 0 Å². The number of aliphatic hydroxyl groups is 2. The molecule has 0 aliphatic heterocycles. The smallest absolute Gasteiger partial charge is 0.123 e. The average Bonchev–Trinajstić information content (AvgIpc) is 2.56. The van der Waals surface area contributed by atoms with Crippen molar-refractivity contribution in [2.24, 2.45) is 5.41 Å². The van der Waals surface area contributed by atoms with Gasteiger partial charge in [0.25, 0.3) is 0 Å². The van der Waals surface area contributed by atoms with Crippen LogP contribution in [0.15, 0.2) is 6.20 Å². The van der Waals surface area contributed by atoms with Crippen LogP contribution in [0.25, 0.3) is 0 Å². The van der Waals surface area contributed by atoms with Gasteiger partial charge in [0.15, 0.2) is 0 Å². The molecule has 0 spiro atoms. The Morgan fingerprint density at radius 1 is 1.44 bits per heavy atom. The number of aryl methyl sites for hydroxylation is 1. The fourth-order valence-corrected chi connectivity index (χ4v) is 1.79. The van der Waals surface area contributed by atoms with Crippen LogP contribution in [-0.4, -0.2) is 26.1 Å². The molecule has 2 N–H and O–H groups in total. The van der Waals surface area contributed by atoms with Crippen molar-refractivity contribution < 1.29 is 10.2 Å². The van der Waals surface area contributed by atoms with Crippen LogP contribution in [0.1, 0.15) is 39.5 Å². The number of aromatic nitrogens is 2. The summed E-state index contributed by atoms with van der Waals surface area (Å²) in [5.74, 6) is 0. The number of hydrogen-bond donors (Lipinski definition) is 2. The van der Waals surface area contributed by atoms with Gasteiger partial charge in [0, 0.05) is 6.54 Å². The third kappa shape index (κ3) is 2.56. The third-order valence-electron chi connectivity index (χ3n) is 2.60. The van der Waals surface area contributed by atoms with Crippen LogP contribution in [0.4, 0.5) is 0 Å². The molecule has 92 valence electrons. The molecule has 1 rings (SSSR count). The number of rotatable bonds is 3. The van der Waals surface area contributed by atoms with E-state index < -0.39 is 17.6 Å². The summed E-state index contributed by atoms with van der Waals surface area (Å²) in [7, 11) is 0. The second-order valence-corrected chi connectivity index (χ2v) is 5.36. The van der Waals surface area contributed by atoms with Gasteiger partial charge >= 0.3 is 0 Å². The molecule has 0 saturated carbocycles. The molecule has 4 nitrogen and oxygen atoms in total. The largest absolute Gasteiger partial charge is 0.389 e. The van der Waals surface area contributed by atoms with E-state index in [1.165, 1.54) is 6.20 Å². The quantitative estimate of drug-likeness (QED) is 0.858. The molecule has 0 fully saturated rings. The van der Waals surface area contributed by atoms with E-state index in [9.17, 15) is 10.2 Å². The zero-order chi connectivity index (χ0) is 12.5. The van der Waals surface area contributed by atoms with Crippen LogP contribution in [-0.2, 0) is 6.54 Å². The van der Waals surface area contributed by atoms with Gasteiger partial charge in [0.05, 0.1) is 23.0 Å². The van der Waals surface area contributed by atoms with E-state index in [0.717, 1.165) is 0 Å². The molecule has 2 unspecified atom stereocenters. The van der Waals surface area contributed by atoms with Gasteiger partial charge in [-0.1, -0.05) is 32.4 Å². The van der Waals surface area contributed by atoms with Crippen LogP contribution < -0.4 is 0 Å². The molecule has 2 atom stereocenters. The number of nitrogens with zero attached hydrogens (tertiary/aromatic N) is 2. The molecule has 0 amide bonds. The van der Waals surface area contributed by atoms with Crippen LogP contribution in [0.3, 0.4) is 0 Å². The Balaban J connectivity index is 3.04. The van der Waals surface area contributed by atoms with E-state index in [4.69, 9.17) is 11.6 Å². The first-order valence-electron chi connectivity index (χ1n) is 5.36. The first-order chi connectivity index (χ1) is 7.29. The molecular formula is C11H19ClN2O2. The van der Waals surface area contributed by atoms with E-state index in [2.05, 4.69) is 5.10 Å². The first-order valence-corrected chi connectivity index (χ1v) is 5.74. The summed E-state index contributed by atoms with van der Waals surface area (Å²) in [6, 6.07) is 0. The third-order valence-corrected chi connectivity index (χ3v) is 2.89. The highest BCUT2D eigenvalue weighted by Crippen LogP contribution is 2.33. The summed E-state index contributed by atoms with van der Waals surface area (Å²) in [5.41, 5.74) is 0.0672. The summed E-state index contributed by atoms with van der Waals surface area (Å²) in [5, 5.41) is 24.6. The fourth-order valence-electron chi connectivity index (χ4n) is 1.54. The summed E-state index contributed by atoms with van der Waals surface area (Å²) in [4.78, 5) is 0. The minimum absolute atomic E-state index is 0.387. The van der Waals surface area contributed by atoms with E-state index in [1.54, 1.807) is 4.68 Å². The van der Waals surface area contributed by atoms with Gasteiger partial charge in [-0.3, -0.25) is 4.68 Å². The molecule has 1 aromatic heterocycles. The predicted molar refractivity (Wildman–Crippen MR) is 63.3 cm³/mol. The van der Waals surface area contributed by atoms with Gasteiger partial charge < -0.3 is 10.2 Å². The zero-order valence-electron chi connectivity index (χ0n) is 10.1. The maximum Gasteiger partial charge on any atom is 0.123 e. The van der Waals surface area contributed by atoms with Gasteiger partial charge in [-0.2, -0.15) is 5.10 Å². The van der Waals surface area contributed by atoms with Crippen molar-refractivity contribution in [1.29, 1.82) is 0 Å². The number of hydrogen-bond acceptors (Lipinski definition) is 3. The lowest BCUT2D eigenvalue weighted by molar-refractivity contribution is -0.0494. The van der Waals surface area contributed by atoms with Crippen LogP contribution in [0.5, 0.6) is 0 Å². The van der Waals surface area contributed by atoms with E-state index in [1.807, 2.05) is 27.7 Å². The molecule has 0 radical (unpaired) electrons. The maximum atomic E-state index is 10.1. The van der Waals surface area contributed by atoms with Crippen molar-refractivity contribution in [3.63, 3.8) is 0 Å². The lowest BCUT2D eigenvalue weighted by atomic mass is 9.85. The van der Waals surface area contributed by atoms with Gasteiger partial charge in [0.2, 0.25) is 0 Å². The van der Waals surface area contributed by atoms with Crippen molar-refractivity contribution in [1.82, 2.24) is 9.78 Å². The minimum Gasteiger partial charge on any atom is -0.389 e. The molecule has 0 aliphatic carbocycles. The minimum atomic E-state index is -1.02. The average molecular weight is 247 g/mol. The van der Waals surface area contributed by atoms with Crippen LogP contribution in [0.2, 0.25) is 5.02 Å². The first kappa shape index (κ1) is 13.5. The van der Waals surface area contributed by atoms with Crippen molar-refractivity contribution in [2.75, 3.05) is 0 Å². The van der Waals surface area contributed by atoms with Crippen molar-refractivity contribution in [2.45, 2.75) is 46.4 Å². The van der Waals surface area contributed by atoms with E-state index in [-0.39, 0.29) is 0 Å². The Labute approximate surface area is 101 Å². The highest BCUT2D eigenvalue weighted by Gasteiger charge is 2.33. The highest BCUT2D eigenvalue weighted by atomic mass is 35.5. The Hall–Kier alpha value is -0.580. The molecule has 1 aromatic rings. The van der Waals surface area contributed by atoms with Crippen LogP contribution >= 0.6 is 11.6 Å². The molecule has 1 heterocycles. The zero-order valence-corrected chi connectivity index (χ0v) is 10.9. The van der Waals surface area contributed by atoms with Gasteiger partial charge in [0.1, 0.15) is 6.10 Å². The Kier molecular flexibility index (Phi) is 3.99. The highest BCUT2D eigenvalue weighted by molar-refractivity contribution is 6.31. The molecule has 5 heteroatoms. The topological polar surface area (TPSA) is 58.3 Å². The molecule has 0 saturated heterocycles. The second-order valence-electron chi connectivity index (χ2n) is 4.95. The SMILES string of the molecule is CCn1ncc(Cl)c1C(O)C(O)C(C)(C)C. The Bertz CT molecular complexity index is 357. The summed E-state index contributed by atoms with van der Waals surface area (Å²) in [6.07, 6.45) is -0.416. The second kappa shape index (κ2) is 4.73. The standard InChI is InChI=1S/C11H19ClN2O2/c1-5-14-8(7(12)6-13-14)9(15)10(16)11(2,3)4/h6,9-10,15-16H,5H2,1-4H3. The van der Waals surface area contributed by atoms with Crippen LogP contribution in [0, 0.1) is 5.41 Å². The molecular weight excluding hydrogens is 228 g/mol.